The zero-order chi connectivity index (χ0) is 11.4. The van der Waals surface area contributed by atoms with Crippen molar-refractivity contribution in [2.24, 2.45) is 0 Å². The molecule has 0 spiro atoms. The molecule has 0 aliphatic carbocycles. The van der Waals surface area contributed by atoms with Gasteiger partial charge in [0.1, 0.15) is 11.5 Å². The molecule has 15 heavy (non-hydrogen) atoms. The fourth-order valence-corrected chi connectivity index (χ4v) is 1.80. The molecule has 0 aliphatic heterocycles. The number of rotatable bonds is 4. The molecular formula is C13H20O2. The maximum absolute atomic E-state index is 9.78. The molecule has 84 valence electrons. The van der Waals surface area contributed by atoms with Crippen molar-refractivity contribution in [2.45, 2.75) is 46.0 Å². The molecule has 0 amide bonds. The Morgan fingerprint density at radius 3 is 2.07 bits per heavy atom. The summed E-state index contributed by atoms with van der Waals surface area (Å²) in [7, 11) is 0. The van der Waals surface area contributed by atoms with Crippen LogP contribution in [0, 0.1) is 0 Å². The largest absolute Gasteiger partial charge is 0.508 e. The predicted octanol–water partition coefficient (Wildman–Crippen LogP) is 3.56. The average molecular weight is 208 g/mol. The summed E-state index contributed by atoms with van der Waals surface area (Å²) in [5.41, 5.74) is 1.66. The van der Waals surface area contributed by atoms with Crippen LogP contribution in [-0.2, 0) is 6.42 Å². The second-order valence-electron chi connectivity index (χ2n) is 4.31. The van der Waals surface area contributed by atoms with Crippen LogP contribution in [-0.4, -0.2) is 10.2 Å². The summed E-state index contributed by atoms with van der Waals surface area (Å²) < 4.78 is 0. The van der Waals surface area contributed by atoms with Crippen molar-refractivity contribution < 1.29 is 10.2 Å². The summed E-state index contributed by atoms with van der Waals surface area (Å²) >= 11 is 0. The first kappa shape index (κ1) is 11.9. The molecule has 0 bridgehead atoms. The zero-order valence-corrected chi connectivity index (χ0v) is 9.75. The van der Waals surface area contributed by atoms with Crippen LogP contribution in [0.15, 0.2) is 12.1 Å². The highest BCUT2D eigenvalue weighted by Gasteiger charge is 2.12. The first-order chi connectivity index (χ1) is 7.06. The molecule has 1 aromatic rings. The van der Waals surface area contributed by atoms with Crippen molar-refractivity contribution in [3.8, 4) is 11.5 Å². The molecular weight excluding hydrogens is 188 g/mol. The van der Waals surface area contributed by atoms with Crippen LogP contribution in [0.1, 0.15) is 50.7 Å². The summed E-state index contributed by atoms with van der Waals surface area (Å²) in [6, 6.07) is 3.54. The molecule has 0 unspecified atom stereocenters. The van der Waals surface area contributed by atoms with E-state index in [1.165, 1.54) is 0 Å². The van der Waals surface area contributed by atoms with Gasteiger partial charge in [0.05, 0.1) is 0 Å². The van der Waals surface area contributed by atoms with Gasteiger partial charge in [-0.2, -0.15) is 0 Å². The van der Waals surface area contributed by atoms with Crippen LogP contribution >= 0.6 is 0 Å². The van der Waals surface area contributed by atoms with E-state index >= 15 is 0 Å². The second-order valence-corrected chi connectivity index (χ2v) is 4.31. The number of aromatic hydroxyl groups is 2. The van der Waals surface area contributed by atoms with Gasteiger partial charge in [-0.05, 0) is 36.5 Å². The van der Waals surface area contributed by atoms with E-state index in [2.05, 4.69) is 6.92 Å². The van der Waals surface area contributed by atoms with E-state index in [1.54, 1.807) is 12.1 Å². The highest BCUT2D eigenvalue weighted by atomic mass is 16.3. The van der Waals surface area contributed by atoms with E-state index in [0.29, 0.717) is 5.56 Å². The molecule has 1 aromatic carbocycles. The van der Waals surface area contributed by atoms with Gasteiger partial charge in [0.25, 0.3) is 0 Å². The number of benzene rings is 1. The molecule has 1 rings (SSSR count). The molecule has 0 saturated heterocycles. The Morgan fingerprint density at radius 2 is 1.67 bits per heavy atom. The highest BCUT2D eigenvalue weighted by Crippen LogP contribution is 2.35. The number of phenols is 2. The van der Waals surface area contributed by atoms with Crippen molar-refractivity contribution in [1.82, 2.24) is 0 Å². The average Bonchev–Trinajstić information content (AvgIpc) is 2.12. The van der Waals surface area contributed by atoms with Crippen LogP contribution in [0.4, 0.5) is 0 Å². The maximum atomic E-state index is 9.78. The Morgan fingerprint density at radius 1 is 1.13 bits per heavy atom. The van der Waals surface area contributed by atoms with Crippen molar-refractivity contribution >= 4 is 0 Å². The first-order valence-corrected chi connectivity index (χ1v) is 5.61. The van der Waals surface area contributed by atoms with E-state index in [-0.39, 0.29) is 17.4 Å². The van der Waals surface area contributed by atoms with E-state index in [9.17, 15) is 10.2 Å². The zero-order valence-electron chi connectivity index (χ0n) is 9.75. The fraction of sp³-hybridized carbons (Fsp3) is 0.538. The number of aryl methyl sites for hydroxylation is 1. The van der Waals surface area contributed by atoms with Crippen LogP contribution in [0.25, 0.3) is 0 Å². The lowest BCUT2D eigenvalue weighted by atomic mass is 9.97. The molecule has 0 aliphatic rings. The third-order valence-corrected chi connectivity index (χ3v) is 2.59. The van der Waals surface area contributed by atoms with Gasteiger partial charge in [0, 0.05) is 5.56 Å². The Labute approximate surface area is 91.6 Å². The minimum atomic E-state index is 0.144. The minimum absolute atomic E-state index is 0.144. The minimum Gasteiger partial charge on any atom is -0.508 e. The molecule has 0 aromatic heterocycles. The van der Waals surface area contributed by atoms with E-state index in [0.717, 1.165) is 24.8 Å². The van der Waals surface area contributed by atoms with Gasteiger partial charge >= 0.3 is 0 Å². The SMILES string of the molecule is CCCCc1cc(O)c(C(C)C)c(O)c1. The fourth-order valence-electron chi connectivity index (χ4n) is 1.80. The van der Waals surface area contributed by atoms with Crippen molar-refractivity contribution in [1.29, 1.82) is 0 Å². The smallest absolute Gasteiger partial charge is 0.123 e. The van der Waals surface area contributed by atoms with Gasteiger partial charge in [-0.25, -0.2) is 0 Å². The third-order valence-electron chi connectivity index (χ3n) is 2.59. The molecule has 0 fully saturated rings. The lowest BCUT2D eigenvalue weighted by Crippen LogP contribution is -1.92. The molecule has 2 nitrogen and oxygen atoms in total. The van der Waals surface area contributed by atoms with Gasteiger partial charge in [0.2, 0.25) is 0 Å². The topological polar surface area (TPSA) is 40.5 Å². The first-order valence-electron chi connectivity index (χ1n) is 5.61. The molecule has 0 heterocycles. The molecule has 2 heteroatoms. The molecule has 0 atom stereocenters. The summed E-state index contributed by atoms with van der Waals surface area (Å²) in [5, 5.41) is 19.6. The van der Waals surface area contributed by atoms with Gasteiger partial charge in [-0.1, -0.05) is 27.2 Å². The summed E-state index contributed by atoms with van der Waals surface area (Å²) in [6.07, 6.45) is 3.11. The lowest BCUT2D eigenvalue weighted by Gasteiger charge is -2.12. The van der Waals surface area contributed by atoms with E-state index in [4.69, 9.17) is 0 Å². The van der Waals surface area contributed by atoms with Crippen molar-refractivity contribution in [3.63, 3.8) is 0 Å². The monoisotopic (exact) mass is 208 g/mol. The van der Waals surface area contributed by atoms with Crippen LogP contribution in [0.2, 0.25) is 0 Å². The summed E-state index contributed by atoms with van der Waals surface area (Å²) in [5.74, 6) is 0.581. The summed E-state index contributed by atoms with van der Waals surface area (Å²) in [4.78, 5) is 0. The van der Waals surface area contributed by atoms with E-state index < -0.39 is 0 Å². The van der Waals surface area contributed by atoms with Gasteiger partial charge in [-0.3, -0.25) is 0 Å². The Bertz CT molecular complexity index is 306. The quantitative estimate of drug-likeness (QED) is 0.794. The highest BCUT2D eigenvalue weighted by molar-refractivity contribution is 5.48. The van der Waals surface area contributed by atoms with Crippen LogP contribution < -0.4 is 0 Å². The number of unbranched alkanes of at least 4 members (excludes halogenated alkanes) is 1. The Hall–Kier alpha value is -1.18. The van der Waals surface area contributed by atoms with Crippen molar-refractivity contribution in [2.75, 3.05) is 0 Å². The standard InChI is InChI=1S/C13H20O2/c1-4-5-6-10-7-11(14)13(9(2)3)12(15)8-10/h7-9,14-15H,4-6H2,1-3H3. The van der Waals surface area contributed by atoms with Gasteiger partial charge < -0.3 is 10.2 Å². The predicted molar refractivity (Wildman–Crippen MR) is 62.5 cm³/mol. The van der Waals surface area contributed by atoms with Gasteiger partial charge in [0.15, 0.2) is 0 Å². The lowest BCUT2D eigenvalue weighted by molar-refractivity contribution is 0.432. The van der Waals surface area contributed by atoms with E-state index in [1.807, 2.05) is 13.8 Å². The van der Waals surface area contributed by atoms with Crippen molar-refractivity contribution in [3.05, 3.63) is 23.3 Å². The van der Waals surface area contributed by atoms with Crippen LogP contribution in [0.5, 0.6) is 11.5 Å². The maximum Gasteiger partial charge on any atom is 0.123 e. The number of hydrogen-bond acceptors (Lipinski definition) is 2. The normalized spacial score (nSPS) is 10.9. The number of phenolic OH excluding ortho intramolecular Hbond substituents is 2. The van der Waals surface area contributed by atoms with Gasteiger partial charge in [-0.15, -0.1) is 0 Å². The summed E-state index contributed by atoms with van der Waals surface area (Å²) in [6.45, 7) is 6.04. The molecule has 0 radical (unpaired) electrons. The Kier molecular flexibility index (Phi) is 4.01. The number of hydrogen-bond donors (Lipinski definition) is 2. The van der Waals surface area contributed by atoms with Crippen LogP contribution in [0.3, 0.4) is 0 Å². The Balaban J connectivity index is 2.97. The second kappa shape index (κ2) is 5.06. The molecule has 2 N–H and O–H groups in total. The molecule has 0 saturated carbocycles. The third kappa shape index (κ3) is 2.88.